The molecule has 2 aliphatic heterocycles. The van der Waals surface area contributed by atoms with Gasteiger partial charge in [0.2, 0.25) is 0 Å². The summed E-state index contributed by atoms with van der Waals surface area (Å²) in [6.07, 6.45) is 24.6. The maximum absolute atomic E-state index is 6.13. The second-order valence-corrected chi connectivity index (χ2v) is 13.1. The van der Waals surface area contributed by atoms with Gasteiger partial charge in [0.1, 0.15) is 12.5 Å². The Morgan fingerprint density at radius 3 is 1.35 bits per heavy atom. The third-order valence-electron chi connectivity index (χ3n) is 7.90. The van der Waals surface area contributed by atoms with Crippen molar-refractivity contribution in [2.45, 2.75) is 139 Å². The summed E-state index contributed by atoms with van der Waals surface area (Å²) in [4.78, 5) is 0. The van der Waals surface area contributed by atoms with Crippen LogP contribution >= 0.6 is 23.5 Å². The summed E-state index contributed by atoms with van der Waals surface area (Å²) in [6.45, 7) is 0. The number of nitrogens with one attached hydrogen (secondary N) is 4. The van der Waals surface area contributed by atoms with E-state index in [0.29, 0.717) is 0 Å². The van der Waals surface area contributed by atoms with Crippen molar-refractivity contribution in [3.05, 3.63) is 0 Å². The molecule has 0 spiro atoms. The lowest BCUT2D eigenvalue weighted by molar-refractivity contribution is 0.0727. The first-order chi connectivity index (χ1) is 16.8. The molecule has 0 radical (unpaired) electrons. The first-order valence-electron chi connectivity index (χ1n) is 14.4. The number of hydrazine groups is 2. The Morgan fingerprint density at radius 1 is 0.500 bits per heavy atom. The Bertz CT molecular complexity index is 489. The van der Waals surface area contributed by atoms with E-state index in [-0.39, 0.29) is 23.6 Å². The summed E-state index contributed by atoms with van der Waals surface area (Å²) in [5, 5.41) is 0. The van der Waals surface area contributed by atoms with Gasteiger partial charge in [-0.25, -0.2) is 21.7 Å². The van der Waals surface area contributed by atoms with Gasteiger partial charge in [-0.15, -0.1) is 23.5 Å². The number of ether oxygens (including phenoxy) is 2. The fraction of sp³-hybridized carbons (Fsp3) is 1.00. The van der Waals surface area contributed by atoms with Crippen molar-refractivity contribution in [3.63, 3.8) is 0 Å². The van der Waals surface area contributed by atoms with E-state index in [0.717, 1.165) is 24.7 Å². The molecule has 6 nitrogen and oxygen atoms in total. The van der Waals surface area contributed by atoms with Crippen LogP contribution in [0.25, 0.3) is 0 Å². The van der Waals surface area contributed by atoms with Gasteiger partial charge in [-0.1, -0.05) is 64.2 Å². The third-order valence-corrected chi connectivity index (χ3v) is 10.3. The molecule has 4 fully saturated rings. The van der Waals surface area contributed by atoms with Gasteiger partial charge in [-0.3, -0.25) is 0 Å². The highest BCUT2D eigenvalue weighted by atomic mass is 32.2. The highest BCUT2D eigenvalue weighted by Gasteiger charge is 2.26. The lowest BCUT2D eigenvalue weighted by atomic mass is 9.91. The smallest absolute Gasteiger partial charge is 0.170 e. The highest BCUT2D eigenvalue weighted by Crippen LogP contribution is 2.30. The summed E-state index contributed by atoms with van der Waals surface area (Å²) < 4.78 is 12.3. The van der Waals surface area contributed by atoms with Crippen molar-refractivity contribution in [1.82, 2.24) is 21.7 Å². The molecule has 4 aliphatic rings. The zero-order chi connectivity index (χ0) is 23.3. The summed E-state index contributed by atoms with van der Waals surface area (Å²) in [6, 6.07) is 0. The molecule has 0 amide bonds. The van der Waals surface area contributed by atoms with Crippen LogP contribution in [0.5, 0.6) is 0 Å². The maximum Gasteiger partial charge on any atom is 0.170 e. The van der Waals surface area contributed by atoms with Gasteiger partial charge in [0.25, 0.3) is 0 Å². The summed E-state index contributed by atoms with van der Waals surface area (Å²) in [5.74, 6) is 4.29. The van der Waals surface area contributed by atoms with E-state index in [1.807, 2.05) is 23.5 Å². The van der Waals surface area contributed by atoms with Crippen LogP contribution < -0.4 is 21.7 Å². The predicted octanol–water partition coefficient (Wildman–Crippen LogP) is 6.20. The molecule has 2 saturated heterocycles. The van der Waals surface area contributed by atoms with Crippen molar-refractivity contribution in [1.29, 1.82) is 0 Å². The van der Waals surface area contributed by atoms with Gasteiger partial charge >= 0.3 is 0 Å². The third kappa shape index (κ3) is 10.4. The molecule has 2 heterocycles. The Labute approximate surface area is 216 Å². The standard InChI is InChI=1S/C26H50N4O2S2/c1(3-11-17-23-27-29-25(31-23)33-19-21-13-7-5-8-14-21)2-4-12-18-24-28-30-26(32-24)34-20-22-15-9-6-10-16-22/h21-30H,1-20H2. The van der Waals surface area contributed by atoms with Gasteiger partial charge < -0.3 is 9.47 Å². The average molecular weight is 515 g/mol. The molecule has 0 aromatic rings. The number of hydrogen-bond acceptors (Lipinski definition) is 8. The van der Waals surface area contributed by atoms with Gasteiger partial charge in [0.15, 0.2) is 11.1 Å². The number of unbranched alkanes of at least 4 members (excludes halogenated alkanes) is 5. The van der Waals surface area contributed by atoms with Crippen molar-refractivity contribution >= 4 is 23.5 Å². The first kappa shape index (κ1) is 27.5. The van der Waals surface area contributed by atoms with Crippen molar-refractivity contribution < 1.29 is 9.47 Å². The summed E-state index contributed by atoms with van der Waals surface area (Å²) in [7, 11) is 0. The second kappa shape index (κ2) is 16.3. The fourth-order valence-electron chi connectivity index (χ4n) is 5.72. The Hall–Kier alpha value is 0.460. The Kier molecular flexibility index (Phi) is 13.2. The van der Waals surface area contributed by atoms with Crippen molar-refractivity contribution in [2.75, 3.05) is 11.5 Å². The molecule has 4 unspecified atom stereocenters. The lowest BCUT2D eigenvalue weighted by Gasteiger charge is -2.22. The molecule has 2 aliphatic carbocycles. The number of thioether (sulfide) groups is 2. The van der Waals surface area contributed by atoms with Crippen LogP contribution in [0.15, 0.2) is 0 Å². The van der Waals surface area contributed by atoms with E-state index in [2.05, 4.69) is 21.7 Å². The summed E-state index contributed by atoms with van der Waals surface area (Å²) >= 11 is 3.90. The van der Waals surface area contributed by atoms with Gasteiger partial charge in [-0.05, 0) is 74.7 Å². The fourth-order valence-corrected chi connectivity index (χ4v) is 8.01. The molecule has 4 rings (SSSR count). The highest BCUT2D eigenvalue weighted by molar-refractivity contribution is 7.99. The largest absolute Gasteiger partial charge is 0.333 e. The maximum atomic E-state index is 6.13. The quantitative estimate of drug-likeness (QED) is 0.193. The first-order valence-corrected chi connectivity index (χ1v) is 16.5. The minimum absolute atomic E-state index is 0.137. The van der Waals surface area contributed by atoms with E-state index >= 15 is 0 Å². The van der Waals surface area contributed by atoms with Gasteiger partial charge in [-0.2, -0.15) is 0 Å². The van der Waals surface area contributed by atoms with E-state index < -0.39 is 0 Å². The van der Waals surface area contributed by atoms with Crippen LogP contribution in [-0.2, 0) is 9.47 Å². The van der Waals surface area contributed by atoms with E-state index in [4.69, 9.17) is 9.47 Å². The van der Waals surface area contributed by atoms with E-state index in [1.54, 1.807) is 0 Å². The normalized spacial score (nSPS) is 31.4. The summed E-state index contributed by atoms with van der Waals surface area (Å²) in [5.41, 5.74) is 13.6. The number of hydrogen-bond donors (Lipinski definition) is 4. The second-order valence-electron chi connectivity index (χ2n) is 10.9. The molecular weight excluding hydrogens is 464 g/mol. The molecule has 0 aromatic heterocycles. The zero-order valence-electron chi connectivity index (χ0n) is 21.2. The van der Waals surface area contributed by atoms with Crippen LogP contribution in [0, 0.1) is 11.8 Å². The van der Waals surface area contributed by atoms with Crippen LogP contribution in [-0.4, -0.2) is 35.1 Å². The monoisotopic (exact) mass is 514 g/mol. The topological polar surface area (TPSA) is 66.6 Å². The number of rotatable bonds is 15. The minimum Gasteiger partial charge on any atom is -0.333 e. The van der Waals surface area contributed by atoms with Gasteiger partial charge in [0, 0.05) is 0 Å². The zero-order valence-corrected chi connectivity index (χ0v) is 22.9. The Balaban J connectivity index is 0.917. The average Bonchev–Trinajstić information content (AvgIpc) is 3.54. The van der Waals surface area contributed by atoms with E-state index in [1.165, 1.54) is 114 Å². The molecular formula is C26H50N4O2S2. The van der Waals surface area contributed by atoms with Gasteiger partial charge in [0.05, 0.1) is 0 Å². The predicted molar refractivity (Wildman–Crippen MR) is 145 cm³/mol. The van der Waals surface area contributed by atoms with Crippen molar-refractivity contribution in [2.24, 2.45) is 11.8 Å². The van der Waals surface area contributed by atoms with Crippen LogP contribution in [0.4, 0.5) is 0 Å². The molecule has 0 bridgehead atoms. The molecule has 0 aromatic carbocycles. The van der Waals surface area contributed by atoms with Crippen LogP contribution in [0.3, 0.4) is 0 Å². The molecule has 2 saturated carbocycles. The molecule has 198 valence electrons. The molecule has 34 heavy (non-hydrogen) atoms. The molecule has 4 N–H and O–H groups in total. The van der Waals surface area contributed by atoms with Crippen LogP contribution in [0.2, 0.25) is 0 Å². The Morgan fingerprint density at radius 2 is 0.912 bits per heavy atom. The van der Waals surface area contributed by atoms with E-state index in [9.17, 15) is 0 Å². The van der Waals surface area contributed by atoms with Crippen LogP contribution in [0.1, 0.15) is 116 Å². The SMILES string of the molecule is C(CCCCC1NNC(SCC2CCCCC2)O1)CCCC1NNC(SCC2CCCCC2)O1. The molecule has 4 atom stereocenters. The van der Waals surface area contributed by atoms with Crippen molar-refractivity contribution in [3.8, 4) is 0 Å². The lowest BCUT2D eigenvalue weighted by Crippen LogP contribution is -2.32. The molecule has 8 heteroatoms. The minimum atomic E-state index is 0.137.